The Morgan fingerprint density at radius 3 is 2.31 bits per heavy atom. The molecule has 5 nitrogen and oxygen atoms in total. The third-order valence-corrected chi connectivity index (χ3v) is 4.51. The number of rotatable bonds is 4. The summed E-state index contributed by atoms with van der Waals surface area (Å²) in [7, 11) is 0. The highest BCUT2D eigenvalue weighted by atomic mass is 16.3. The Hall–Kier alpha value is -3.60. The molecule has 0 atom stereocenters. The van der Waals surface area contributed by atoms with Gasteiger partial charge in [0.15, 0.2) is 0 Å². The summed E-state index contributed by atoms with van der Waals surface area (Å²) in [4.78, 5) is 13.7. The summed E-state index contributed by atoms with van der Waals surface area (Å²) in [6, 6.07) is 18.4. The molecule has 26 heavy (non-hydrogen) atoms. The maximum atomic E-state index is 10.6. The lowest BCUT2D eigenvalue weighted by Gasteiger charge is -2.08. The molecule has 0 bridgehead atoms. The highest BCUT2D eigenvalue weighted by Crippen LogP contribution is 2.34. The van der Waals surface area contributed by atoms with Crippen LogP contribution in [0.4, 0.5) is 0 Å². The van der Waals surface area contributed by atoms with E-state index in [-0.39, 0.29) is 18.0 Å². The largest absolute Gasteiger partial charge is 0.508 e. The molecule has 4 aromatic rings. The third-order valence-electron chi connectivity index (χ3n) is 4.51. The van der Waals surface area contributed by atoms with Crippen molar-refractivity contribution in [3.8, 4) is 33.8 Å². The van der Waals surface area contributed by atoms with E-state index in [0.29, 0.717) is 5.56 Å². The monoisotopic (exact) mass is 344 g/mol. The molecule has 0 aliphatic rings. The smallest absolute Gasteiger partial charge is 0.127 e. The third kappa shape index (κ3) is 2.80. The Morgan fingerprint density at radius 1 is 0.846 bits per heavy atom. The van der Waals surface area contributed by atoms with E-state index in [4.69, 9.17) is 0 Å². The average molecular weight is 344 g/mol. The van der Waals surface area contributed by atoms with Crippen molar-refractivity contribution in [2.24, 2.45) is 5.18 Å². The van der Waals surface area contributed by atoms with Gasteiger partial charge >= 0.3 is 0 Å². The molecule has 3 aromatic carbocycles. The highest BCUT2D eigenvalue weighted by Gasteiger charge is 2.08. The molecule has 0 aliphatic carbocycles. The van der Waals surface area contributed by atoms with E-state index in [0.717, 1.165) is 33.2 Å². The minimum absolute atomic E-state index is 0.0308. The van der Waals surface area contributed by atoms with Crippen LogP contribution in [0.15, 0.2) is 72.0 Å². The topological polar surface area (TPSA) is 85.7 Å². The molecule has 1 heterocycles. The Bertz CT molecular complexity index is 1100. The number of aromatic amines is 1. The predicted octanol–water partition coefficient (Wildman–Crippen LogP) is 5.18. The van der Waals surface area contributed by atoms with Crippen LogP contribution in [-0.2, 0) is 6.54 Å². The molecular formula is C21H16N2O3. The van der Waals surface area contributed by atoms with Gasteiger partial charge in [0.1, 0.15) is 18.0 Å². The maximum Gasteiger partial charge on any atom is 0.127 e. The second kappa shape index (κ2) is 6.37. The number of nitrogens with one attached hydrogen (secondary N) is 1. The van der Waals surface area contributed by atoms with Crippen molar-refractivity contribution >= 4 is 10.9 Å². The quantitative estimate of drug-likeness (QED) is 0.446. The molecule has 0 amide bonds. The van der Waals surface area contributed by atoms with Gasteiger partial charge in [-0.2, -0.15) is 4.91 Å². The second-order valence-electron chi connectivity index (χ2n) is 6.14. The molecule has 0 fully saturated rings. The lowest BCUT2D eigenvalue weighted by molar-refractivity contribution is 0.452. The lowest BCUT2D eigenvalue weighted by atomic mass is 9.98. The fourth-order valence-electron chi connectivity index (χ4n) is 3.16. The number of phenols is 2. The number of H-pyrrole nitrogens is 1. The molecular weight excluding hydrogens is 328 g/mol. The summed E-state index contributed by atoms with van der Waals surface area (Å²) in [5, 5.41) is 23.4. The van der Waals surface area contributed by atoms with Crippen molar-refractivity contribution < 1.29 is 10.2 Å². The van der Waals surface area contributed by atoms with Crippen LogP contribution in [0.1, 0.15) is 5.56 Å². The molecule has 0 saturated carbocycles. The fraction of sp³-hybridized carbons (Fsp3) is 0.0476. The SMILES string of the molecule is O=NCc1c[nH]c2ccc(-c3ccc(-c4ccc(O)cc4O)cc3)cc12. The highest BCUT2D eigenvalue weighted by molar-refractivity contribution is 5.88. The van der Waals surface area contributed by atoms with Crippen LogP contribution in [0.3, 0.4) is 0 Å². The first kappa shape index (κ1) is 15.9. The Morgan fingerprint density at radius 2 is 1.58 bits per heavy atom. The first-order valence-corrected chi connectivity index (χ1v) is 8.17. The van der Waals surface area contributed by atoms with Gasteiger partial charge in [-0.25, -0.2) is 0 Å². The van der Waals surface area contributed by atoms with Crippen molar-refractivity contribution in [2.75, 3.05) is 0 Å². The number of aromatic nitrogens is 1. The Kier molecular flexibility index (Phi) is 3.89. The normalized spacial score (nSPS) is 10.9. The summed E-state index contributed by atoms with van der Waals surface area (Å²) in [6.07, 6.45) is 1.81. The van der Waals surface area contributed by atoms with Gasteiger partial charge in [0.25, 0.3) is 0 Å². The van der Waals surface area contributed by atoms with Crippen LogP contribution in [0.2, 0.25) is 0 Å². The summed E-state index contributed by atoms with van der Waals surface area (Å²) < 4.78 is 0. The summed E-state index contributed by atoms with van der Waals surface area (Å²) in [6.45, 7) is 0.141. The minimum atomic E-state index is 0.0308. The van der Waals surface area contributed by atoms with Crippen LogP contribution in [0, 0.1) is 4.91 Å². The van der Waals surface area contributed by atoms with Crippen LogP contribution in [-0.4, -0.2) is 15.2 Å². The molecule has 0 unspecified atom stereocenters. The fourth-order valence-corrected chi connectivity index (χ4v) is 3.16. The van der Waals surface area contributed by atoms with Gasteiger partial charge in [-0.05, 0) is 41.0 Å². The first-order chi connectivity index (χ1) is 12.7. The molecule has 4 rings (SSSR count). The zero-order valence-electron chi connectivity index (χ0n) is 13.8. The number of hydrogen-bond acceptors (Lipinski definition) is 4. The van der Waals surface area contributed by atoms with Crippen molar-refractivity contribution in [1.29, 1.82) is 0 Å². The predicted molar refractivity (Wildman–Crippen MR) is 102 cm³/mol. The van der Waals surface area contributed by atoms with E-state index in [2.05, 4.69) is 10.2 Å². The van der Waals surface area contributed by atoms with Crippen LogP contribution in [0.5, 0.6) is 11.5 Å². The number of nitroso groups, excluding NO2 is 1. The van der Waals surface area contributed by atoms with Gasteiger partial charge in [-0.3, -0.25) is 0 Å². The average Bonchev–Trinajstić information content (AvgIpc) is 3.05. The molecule has 128 valence electrons. The first-order valence-electron chi connectivity index (χ1n) is 8.17. The van der Waals surface area contributed by atoms with Gasteiger partial charge in [0.2, 0.25) is 0 Å². The van der Waals surface area contributed by atoms with Crippen molar-refractivity contribution in [3.63, 3.8) is 0 Å². The lowest BCUT2D eigenvalue weighted by Crippen LogP contribution is -1.83. The van der Waals surface area contributed by atoms with Gasteiger partial charge < -0.3 is 15.2 Å². The molecule has 5 heteroatoms. The van der Waals surface area contributed by atoms with Crippen LogP contribution >= 0.6 is 0 Å². The standard InChI is InChI=1S/C21H16N2O3/c24-17-6-7-18(21(25)10-17)14-3-1-13(2-4-14)15-5-8-20-19(9-15)16(11-22-20)12-23-26/h1-11,22,24-25H,12H2. The molecule has 0 aliphatic heterocycles. The second-order valence-corrected chi connectivity index (χ2v) is 6.14. The minimum Gasteiger partial charge on any atom is -0.508 e. The van der Waals surface area contributed by atoms with Crippen molar-refractivity contribution in [2.45, 2.75) is 6.54 Å². The zero-order chi connectivity index (χ0) is 18.1. The van der Waals surface area contributed by atoms with Crippen molar-refractivity contribution in [3.05, 3.63) is 77.3 Å². The molecule has 1 aromatic heterocycles. The van der Waals surface area contributed by atoms with E-state index in [9.17, 15) is 15.1 Å². The molecule has 0 spiro atoms. The number of benzene rings is 3. The number of phenolic OH excluding ortho intramolecular Hbond substituents is 2. The van der Waals surface area contributed by atoms with Crippen LogP contribution in [0.25, 0.3) is 33.2 Å². The summed E-state index contributed by atoms with van der Waals surface area (Å²) in [5.41, 5.74) is 5.43. The molecule has 3 N–H and O–H groups in total. The number of nitrogens with zero attached hydrogens (tertiary/aromatic N) is 1. The van der Waals surface area contributed by atoms with Gasteiger partial charge in [0, 0.05) is 34.3 Å². The number of fused-ring (bicyclic) bond motifs is 1. The summed E-state index contributed by atoms with van der Waals surface area (Å²) >= 11 is 0. The molecule has 0 radical (unpaired) electrons. The van der Waals surface area contributed by atoms with E-state index in [1.165, 1.54) is 6.07 Å². The maximum absolute atomic E-state index is 10.6. The Balaban J connectivity index is 1.71. The van der Waals surface area contributed by atoms with E-state index >= 15 is 0 Å². The number of aromatic hydroxyl groups is 2. The van der Waals surface area contributed by atoms with E-state index in [1.807, 2.05) is 48.7 Å². The summed E-state index contributed by atoms with van der Waals surface area (Å²) in [5.74, 6) is 0.0702. The number of hydrogen-bond donors (Lipinski definition) is 3. The van der Waals surface area contributed by atoms with E-state index < -0.39 is 0 Å². The Labute approximate surface area is 149 Å². The van der Waals surface area contributed by atoms with E-state index in [1.54, 1.807) is 12.1 Å². The van der Waals surface area contributed by atoms with Gasteiger partial charge in [-0.1, -0.05) is 35.5 Å². The molecule has 0 saturated heterocycles. The van der Waals surface area contributed by atoms with Gasteiger partial charge in [0.05, 0.1) is 0 Å². The zero-order valence-corrected chi connectivity index (χ0v) is 13.8. The van der Waals surface area contributed by atoms with Gasteiger partial charge in [-0.15, -0.1) is 0 Å². The van der Waals surface area contributed by atoms with Crippen LogP contribution < -0.4 is 0 Å². The van der Waals surface area contributed by atoms with Crippen molar-refractivity contribution in [1.82, 2.24) is 4.98 Å².